The zero-order valence-corrected chi connectivity index (χ0v) is 15.2. The van der Waals surface area contributed by atoms with Gasteiger partial charge in [-0.05, 0) is 43.1 Å². The van der Waals surface area contributed by atoms with Crippen molar-refractivity contribution in [3.63, 3.8) is 0 Å². The minimum atomic E-state index is 0.297. The van der Waals surface area contributed by atoms with Crippen molar-refractivity contribution < 1.29 is 9.26 Å². The van der Waals surface area contributed by atoms with Gasteiger partial charge in [-0.15, -0.1) is 0 Å². The lowest BCUT2D eigenvalue weighted by Gasteiger charge is -2.15. The summed E-state index contributed by atoms with van der Waals surface area (Å²) in [6, 6.07) is 16.4. The minimum Gasteiger partial charge on any atom is -0.497 e. The number of aryl methyl sites for hydroxylation is 1. The summed E-state index contributed by atoms with van der Waals surface area (Å²) in [5.41, 5.74) is 3.45. The SMILES string of the molecule is COc1cccc(CN2CCC(c3nc(-c4ccccc4C)no3)C2)c1. The molecule has 1 atom stereocenters. The molecule has 0 radical (unpaired) electrons. The molecule has 5 heteroatoms. The second-order valence-electron chi connectivity index (χ2n) is 6.84. The van der Waals surface area contributed by atoms with E-state index in [0.717, 1.165) is 48.8 Å². The van der Waals surface area contributed by atoms with Gasteiger partial charge in [0.2, 0.25) is 11.7 Å². The highest BCUT2D eigenvalue weighted by Gasteiger charge is 2.28. The van der Waals surface area contributed by atoms with Crippen LogP contribution in [0, 0.1) is 6.92 Å². The standard InChI is InChI=1S/C21H23N3O2/c1-15-6-3-4-9-19(15)20-22-21(26-23-20)17-10-11-24(14-17)13-16-7-5-8-18(12-16)25-2/h3-9,12,17H,10-11,13-14H2,1-2H3. The number of aromatic nitrogens is 2. The van der Waals surface area contributed by atoms with Gasteiger partial charge in [0, 0.05) is 18.7 Å². The molecule has 0 aliphatic carbocycles. The third-order valence-corrected chi connectivity index (χ3v) is 4.99. The van der Waals surface area contributed by atoms with Gasteiger partial charge in [-0.3, -0.25) is 4.90 Å². The molecule has 4 rings (SSSR count). The number of hydrogen-bond donors (Lipinski definition) is 0. The van der Waals surface area contributed by atoms with Crippen LogP contribution in [0.5, 0.6) is 5.75 Å². The minimum absolute atomic E-state index is 0.297. The third-order valence-electron chi connectivity index (χ3n) is 4.99. The van der Waals surface area contributed by atoms with E-state index in [1.807, 2.05) is 30.3 Å². The van der Waals surface area contributed by atoms with Gasteiger partial charge in [-0.2, -0.15) is 4.98 Å². The molecule has 0 saturated carbocycles. The molecule has 1 unspecified atom stereocenters. The number of likely N-dealkylation sites (tertiary alicyclic amines) is 1. The van der Waals surface area contributed by atoms with E-state index in [9.17, 15) is 0 Å². The normalized spacial score (nSPS) is 17.5. The first-order valence-corrected chi connectivity index (χ1v) is 8.98. The van der Waals surface area contributed by atoms with Crippen LogP contribution in [0.15, 0.2) is 53.1 Å². The van der Waals surface area contributed by atoms with Crippen molar-refractivity contribution in [3.8, 4) is 17.1 Å². The Morgan fingerprint density at radius 1 is 1.19 bits per heavy atom. The largest absolute Gasteiger partial charge is 0.497 e. The average molecular weight is 349 g/mol. The Bertz CT molecular complexity index is 890. The van der Waals surface area contributed by atoms with Crippen LogP contribution in [0.4, 0.5) is 0 Å². The summed E-state index contributed by atoms with van der Waals surface area (Å²) < 4.78 is 10.9. The lowest BCUT2D eigenvalue weighted by atomic mass is 10.1. The van der Waals surface area contributed by atoms with Gasteiger partial charge >= 0.3 is 0 Å². The molecular weight excluding hydrogens is 326 g/mol. The van der Waals surface area contributed by atoms with Crippen molar-refractivity contribution in [1.29, 1.82) is 0 Å². The summed E-state index contributed by atoms with van der Waals surface area (Å²) in [5, 5.41) is 4.20. The van der Waals surface area contributed by atoms with Gasteiger partial charge in [0.05, 0.1) is 13.0 Å². The molecule has 3 aromatic rings. The van der Waals surface area contributed by atoms with E-state index in [1.54, 1.807) is 7.11 Å². The van der Waals surface area contributed by atoms with Gasteiger partial charge < -0.3 is 9.26 Å². The molecule has 0 N–H and O–H groups in total. The molecule has 0 bridgehead atoms. The molecule has 1 fully saturated rings. The van der Waals surface area contributed by atoms with Gasteiger partial charge in [0.1, 0.15) is 5.75 Å². The van der Waals surface area contributed by atoms with Crippen molar-refractivity contribution in [2.24, 2.45) is 0 Å². The Kier molecular flexibility index (Phi) is 4.71. The maximum absolute atomic E-state index is 5.59. The molecule has 26 heavy (non-hydrogen) atoms. The molecule has 2 heterocycles. The van der Waals surface area contributed by atoms with E-state index in [2.05, 4.69) is 40.2 Å². The van der Waals surface area contributed by atoms with Crippen molar-refractivity contribution in [1.82, 2.24) is 15.0 Å². The zero-order chi connectivity index (χ0) is 17.9. The number of methoxy groups -OCH3 is 1. The molecule has 2 aromatic carbocycles. The highest BCUT2D eigenvalue weighted by atomic mass is 16.5. The predicted octanol–water partition coefficient (Wildman–Crippen LogP) is 4.04. The van der Waals surface area contributed by atoms with E-state index < -0.39 is 0 Å². The second-order valence-corrected chi connectivity index (χ2v) is 6.84. The molecule has 1 aliphatic rings. The van der Waals surface area contributed by atoms with Crippen LogP contribution < -0.4 is 4.74 Å². The first kappa shape index (κ1) is 16.8. The Hall–Kier alpha value is -2.66. The molecule has 1 aliphatic heterocycles. The molecule has 1 aromatic heterocycles. The monoisotopic (exact) mass is 349 g/mol. The summed E-state index contributed by atoms with van der Waals surface area (Å²) in [5.74, 6) is 2.63. The van der Waals surface area contributed by atoms with E-state index in [-0.39, 0.29) is 0 Å². The van der Waals surface area contributed by atoms with E-state index >= 15 is 0 Å². The van der Waals surface area contributed by atoms with E-state index in [0.29, 0.717) is 11.7 Å². The van der Waals surface area contributed by atoms with Gasteiger partial charge in [0.25, 0.3) is 0 Å². The lowest BCUT2D eigenvalue weighted by Crippen LogP contribution is -2.19. The average Bonchev–Trinajstić information content (AvgIpc) is 3.32. The molecule has 5 nitrogen and oxygen atoms in total. The van der Waals surface area contributed by atoms with Crippen molar-refractivity contribution in [2.45, 2.75) is 25.8 Å². The highest BCUT2D eigenvalue weighted by Crippen LogP contribution is 2.29. The molecule has 0 spiro atoms. The number of rotatable bonds is 5. The Morgan fingerprint density at radius 3 is 2.92 bits per heavy atom. The van der Waals surface area contributed by atoms with Crippen LogP contribution in [0.3, 0.4) is 0 Å². The van der Waals surface area contributed by atoms with E-state index in [4.69, 9.17) is 9.26 Å². The number of benzene rings is 2. The topological polar surface area (TPSA) is 51.4 Å². The summed E-state index contributed by atoms with van der Waals surface area (Å²) in [7, 11) is 1.70. The van der Waals surface area contributed by atoms with Crippen LogP contribution in [-0.4, -0.2) is 35.2 Å². The van der Waals surface area contributed by atoms with Crippen molar-refractivity contribution in [2.75, 3.05) is 20.2 Å². The molecular formula is C21H23N3O2. The molecule has 134 valence electrons. The summed E-state index contributed by atoms with van der Waals surface area (Å²) >= 11 is 0. The van der Waals surface area contributed by atoms with Crippen LogP contribution in [-0.2, 0) is 6.54 Å². The Balaban J connectivity index is 1.43. The first-order valence-electron chi connectivity index (χ1n) is 8.98. The van der Waals surface area contributed by atoms with E-state index in [1.165, 1.54) is 5.56 Å². The van der Waals surface area contributed by atoms with Crippen molar-refractivity contribution in [3.05, 3.63) is 65.5 Å². The van der Waals surface area contributed by atoms with Gasteiger partial charge in [0.15, 0.2) is 0 Å². The van der Waals surface area contributed by atoms with Crippen LogP contribution in [0.1, 0.15) is 29.4 Å². The summed E-state index contributed by atoms with van der Waals surface area (Å²) in [6.45, 7) is 4.94. The van der Waals surface area contributed by atoms with Gasteiger partial charge in [-0.1, -0.05) is 41.6 Å². The van der Waals surface area contributed by atoms with Crippen molar-refractivity contribution >= 4 is 0 Å². The fraction of sp³-hybridized carbons (Fsp3) is 0.333. The Labute approximate surface area is 153 Å². The van der Waals surface area contributed by atoms with Crippen LogP contribution in [0.2, 0.25) is 0 Å². The quantitative estimate of drug-likeness (QED) is 0.696. The summed E-state index contributed by atoms with van der Waals surface area (Å²) in [6.07, 6.45) is 1.04. The number of ether oxygens (including phenoxy) is 1. The number of hydrogen-bond acceptors (Lipinski definition) is 5. The maximum Gasteiger partial charge on any atom is 0.231 e. The fourth-order valence-electron chi connectivity index (χ4n) is 3.54. The maximum atomic E-state index is 5.59. The molecule has 1 saturated heterocycles. The van der Waals surface area contributed by atoms with Crippen LogP contribution >= 0.6 is 0 Å². The summed E-state index contributed by atoms with van der Waals surface area (Å²) in [4.78, 5) is 7.10. The fourth-order valence-corrected chi connectivity index (χ4v) is 3.54. The Morgan fingerprint density at radius 2 is 2.08 bits per heavy atom. The lowest BCUT2D eigenvalue weighted by molar-refractivity contribution is 0.308. The van der Waals surface area contributed by atoms with Crippen LogP contribution in [0.25, 0.3) is 11.4 Å². The predicted molar refractivity (Wildman–Crippen MR) is 100 cm³/mol. The second kappa shape index (κ2) is 7.30. The number of nitrogens with zero attached hydrogens (tertiary/aromatic N) is 3. The molecule has 0 amide bonds. The zero-order valence-electron chi connectivity index (χ0n) is 15.2. The first-order chi connectivity index (χ1) is 12.7. The highest BCUT2D eigenvalue weighted by molar-refractivity contribution is 5.59. The smallest absolute Gasteiger partial charge is 0.231 e. The van der Waals surface area contributed by atoms with Gasteiger partial charge in [-0.25, -0.2) is 0 Å². The third kappa shape index (κ3) is 3.48.